The fourth-order valence-electron chi connectivity index (χ4n) is 2.86. The second kappa shape index (κ2) is 6.75. The van der Waals surface area contributed by atoms with Crippen molar-refractivity contribution in [2.75, 3.05) is 13.1 Å². The first-order valence-corrected chi connectivity index (χ1v) is 10.00. The van der Waals surface area contributed by atoms with E-state index < -0.39 is 15.1 Å². The minimum Gasteiger partial charge on any atom is -0.336 e. The number of carbonyl (C=O) groups is 1. The molecule has 1 amide bonds. The van der Waals surface area contributed by atoms with Crippen molar-refractivity contribution in [3.05, 3.63) is 65.4 Å². The van der Waals surface area contributed by atoms with Crippen molar-refractivity contribution in [2.24, 2.45) is 0 Å². The van der Waals surface area contributed by atoms with E-state index in [1.165, 1.54) is 28.0 Å². The number of hydrogen-bond acceptors (Lipinski definition) is 6. The molecule has 0 atom stereocenters. The summed E-state index contributed by atoms with van der Waals surface area (Å²) in [6.45, 7) is 0.303. The number of tetrazole rings is 1. The molecule has 0 N–H and O–H groups in total. The molecule has 3 aromatic rings. The van der Waals surface area contributed by atoms with Gasteiger partial charge in [0.2, 0.25) is 0 Å². The van der Waals surface area contributed by atoms with Crippen LogP contribution in [0, 0.1) is 0 Å². The van der Waals surface area contributed by atoms with Gasteiger partial charge in [-0.3, -0.25) is 4.79 Å². The Morgan fingerprint density at radius 2 is 1.85 bits per heavy atom. The number of sulfone groups is 1. The second-order valence-corrected chi connectivity index (χ2v) is 8.80. The van der Waals surface area contributed by atoms with Crippen molar-refractivity contribution in [3.63, 3.8) is 0 Å². The number of nitrogens with zero attached hydrogens (tertiary/aromatic N) is 5. The quantitative estimate of drug-likeness (QED) is 0.656. The maximum atomic E-state index is 12.7. The lowest BCUT2D eigenvalue weighted by Crippen LogP contribution is -2.56. The first-order chi connectivity index (χ1) is 12.9. The lowest BCUT2D eigenvalue weighted by Gasteiger charge is -2.38. The van der Waals surface area contributed by atoms with Gasteiger partial charge >= 0.3 is 0 Å². The average Bonchev–Trinajstić information content (AvgIpc) is 3.15. The van der Waals surface area contributed by atoms with Gasteiger partial charge in [0.05, 0.1) is 10.6 Å². The standard InChI is InChI=1S/C17H14ClN5O3S/c18-13-4-6-15(7-5-13)27(25,26)16-9-22(10-16)17(24)12-2-1-3-14(8-12)23-11-19-20-21-23/h1-8,11,16H,9-10H2. The van der Waals surface area contributed by atoms with Crippen LogP contribution < -0.4 is 0 Å². The number of rotatable bonds is 4. The zero-order valence-electron chi connectivity index (χ0n) is 13.9. The Bertz CT molecular complexity index is 1080. The molecule has 10 heteroatoms. The molecule has 27 heavy (non-hydrogen) atoms. The molecule has 2 aromatic carbocycles. The van der Waals surface area contributed by atoms with Gasteiger partial charge in [-0.15, -0.1) is 5.10 Å². The lowest BCUT2D eigenvalue weighted by atomic mass is 10.1. The number of aromatic nitrogens is 4. The summed E-state index contributed by atoms with van der Waals surface area (Å²) in [7, 11) is -3.49. The molecular formula is C17H14ClN5O3S. The molecule has 4 rings (SSSR count). The molecule has 0 bridgehead atoms. The topological polar surface area (TPSA) is 98.1 Å². The van der Waals surface area contributed by atoms with Gasteiger partial charge in [0.1, 0.15) is 11.6 Å². The molecule has 138 valence electrons. The fraction of sp³-hybridized carbons (Fsp3) is 0.176. The van der Waals surface area contributed by atoms with Crippen molar-refractivity contribution < 1.29 is 13.2 Å². The summed E-state index contributed by atoms with van der Waals surface area (Å²) in [6.07, 6.45) is 1.43. The third kappa shape index (κ3) is 3.31. The van der Waals surface area contributed by atoms with Crippen LogP contribution in [0.4, 0.5) is 0 Å². The SMILES string of the molecule is O=C(c1cccc(-n2cnnn2)c1)N1CC(S(=O)(=O)c2ccc(Cl)cc2)C1. The summed E-state index contributed by atoms with van der Waals surface area (Å²) in [5.41, 5.74) is 1.10. The van der Waals surface area contributed by atoms with Gasteiger partial charge in [-0.1, -0.05) is 17.7 Å². The minimum atomic E-state index is -3.49. The van der Waals surface area contributed by atoms with Crippen LogP contribution in [0.3, 0.4) is 0 Å². The van der Waals surface area contributed by atoms with Gasteiger partial charge in [0.15, 0.2) is 9.84 Å². The lowest BCUT2D eigenvalue weighted by molar-refractivity contribution is 0.0659. The third-order valence-corrected chi connectivity index (χ3v) is 6.78. The number of halogens is 1. The number of amides is 1. The first kappa shape index (κ1) is 17.6. The van der Waals surface area contributed by atoms with Gasteiger partial charge in [-0.2, -0.15) is 0 Å². The Morgan fingerprint density at radius 3 is 2.52 bits per heavy atom. The van der Waals surface area contributed by atoms with E-state index in [0.717, 1.165) is 0 Å². The van der Waals surface area contributed by atoms with Crippen LogP contribution >= 0.6 is 11.6 Å². The Balaban J connectivity index is 1.47. The highest BCUT2D eigenvalue weighted by atomic mass is 35.5. The second-order valence-electron chi connectivity index (χ2n) is 6.14. The van der Waals surface area contributed by atoms with Gasteiger partial charge < -0.3 is 4.90 Å². The van der Waals surface area contributed by atoms with Crippen molar-refractivity contribution in [2.45, 2.75) is 10.1 Å². The highest BCUT2D eigenvalue weighted by Crippen LogP contribution is 2.26. The molecule has 2 heterocycles. The summed E-state index contributed by atoms with van der Waals surface area (Å²) in [5, 5.41) is 10.8. The molecule has 0 saturated carbocycles. The van der Waals surface area contributed by atoms with Crippen LogP contribution in [0.5, 0.6) is 0 Å². The van der Waals surface area contributed by atoms with Crippen molar-refractivity contribution in [1.82, 2.24) is 25.1 Å². The molecule has 8 nitrogen and oxygen atoms in total. The van der Waals surface area contributed by atoms with E-state index >= 15 is 0 Å². The Morgan fingerprint density at radius 1 is 1.11 bits per heavy atom. The minimum absolute atomic E-state index is 0.152. The van der Waals surface area contributed by atoms with Crippen LogP contribution in [0.25, 0.3) is 5.69 Å². The highest BCUT2D eigenvalue weighted by molar-refractivity contribution is 7.92. The predicted molar refractivity (Wildman–Crippen MR) is 97.5 cm³/mol. The predicted octanol–water partition coefficient (Wildman–Crippen LogP) is 1.61. The molecule has 1 aliphatic rings. The maximum absolute atomic E-state index is 12.7. The molecule has 1 aliphatic heterocycles. The monoisotopic (exact) mass is 403 g/mol. The summed E-state index contributed by atoms with van der Waals surface area (Å²) in [5.74, 6) is -0.229. The highest BCUT2D eigenvalue weighted by Gasteiger charge is 2.40. The molecule has 0 radical (unpaired) electrons. The van der Waals surface area contributed by atoms with E-state index in [1.54, 1.807) is 36.4 Å². The Hall–Kier alpha value is -2.78. The van der Waals surface area contributed by atoms with E-state index in [0.29, 0.717) is 16.3 Å². The van der Waals surface area contributed by atoms with E-state index in [1.807, 2.05) is 0 Å². The number of benzene rings is 2. The van der Waals surface area contributed by atoms with Crippen LogP contribution in [0.1, 0.15) is 10.4 Å². The maximum Gasteiger partial charge on any atom is 0.254 e. The number of hydrogen-bond donors (Lipinski definition) is 0. The summed E-state index contributed by atoms with van der Waals surface area (Å²) >= 11 is 5.81. The van der Waals surface area contributed by atoms with Crippen molar-refractivity contribution in [1.29, 1.82) is 0 Å². The average molecular weight is 404 g/mol. The summed E-state index contributed by atoms with van der Waals surface area (Å²) < 4.78 is 26.7. The van der Waals surface area contributed by atoms with Gasteiger partial charge in [0, 0.05) is 23.7 Å². The normalized spacial score (nSPS) is 14.8. The smallest absolute Gasteiger partial charge is 0.254 e. The Labute approximate surface area is 160 Å². The van der Waals surface area contributed by atoms with Crippen LogP contribution in [0.2, 0.25) is 5.02 Å². The van der Waals surface area contributed by atoms with Gasteiger partial charge in [-0.25, -0.2) is 13.1 Å². The van der Waals surface area contributed by atoms with E-state index in [2.05, 4.69) is 15.5 Å². The first-order valence-electron chi connectivity index (χ1n) is 8.07. The largest absolute Gasteiger partial charge is 0.336 e. The van der Waals surface area contributed by atoms with Crippen LogP contribution in [-0.4, -0.2) is 57.8 Å². The molecular weight excluding hydrogens is 390 g/mol. The molecule has 0 spiro atoms. The van der Waals surface area contributed by atoms with E-state index in [4.69, 9.17) is 11.6 Å². The molecule has 1 saturated heterocycles. The van der Waals surface area contributed by atoms with Crippen molar-refractivity contribution >= 4 is 27.3 Å². The molecule has 0 unspecified atom stereocenters. The van der Waals surface area contributed by atoms with Gasteiger partial charge in [-0.05, 0) is 52.9 Å². The zero-order chi connectivity index (χ0) is 19.0. The van der Waals surface area contributed by atoms with Gasteiger partial charge in [0.25, 0.3) is 5.91 Å². The van der Waals surface area contributed by atoms with E-state index in [9.17, 15) is 13.2 Å². The number of carbonyl (C=O) groups excluding carboxylic acids is 1. The molecule has 1 aromatic heterocycles. The zero-order valence-corrected chi connectivity index (χ0v) is 15.5. The molecule has 1 fully saturated rings. The summed E-state index contributed by atoms with van der Waals surface area (Å²) in [6, 6.07) is 12.9. The van der Waals surface area contributed by atoms with Crippen LogP contribution in [0.15, 0.2) is 59.8 Å². The van der Waals surface area contributed by atoms with Crippen LogP contribution in [-0.2, 0) is 9.84 Å². The third-order valence-electron chi connectivity index (χ3n) is 4.42. The number of likely N-dealkylation sites (tertiary alicyclic amines) is 1. The Kier molecular flexibility index (Phi) is 4.40. The van der Waals surface area contributed by atoms with E-state index in [-0.39, 0.29) is 23.9 Å². The fourth-order valence-corrected chi connectivity index (χ4v) is 4.64. The molecule has 0 aliphatic carbocycles. The van der Waals surface area contributed by atoms with Crippen molar-refractivity contribution in [3.8, 4) is 5.69 Å². The summed E-state index contributed by atoms with van der Waals surface area (Å²) in [4.78, 5) is 14.4.